The van der Waals surface area contributed by atoms with Crippen molar-refractivity contribution in [3.8, 4) is 5.75 Å². The van der Waals surface area contributed by atoms with Crippen molar-refractivity contribution in [2.75, 3.05) is 0 Å². The Balaban J connectivity index is 1.74. The molecule has 1 aliphatic carbocycles. The van der Waals surface area contributed by atoms with Gasteiger partial charge in [0.05, 0.1) is 10.6 Å². The van der Waals surface area contributed by atoms with Crippen molar-refractivity contribution in [2.45, 2.75) is 25.6 Å². The number of benzene rings is 2. The first-order chi connectivity index (χ1) is 9.65. The Bertz CT molecular complexity index is 642. The van der Waals surface area contributed by atoms with E-state index in [1.807, 2.05) is 24.3 Å². The Hall–Kier alpha value is -1.39. The molecule has 2 aromatic carbocycles. The van der Waals surface area contributed by atoms with Gasteiger partial charge < -0.3 is 9.84 Å². The summed E-state index contributed by atoms with van der Waals surface area (Å²) in [6.45, 7) is 0.305. The number of fused-ring (bicyclic) bond motifs is 1. The van der Waals surface area contributed by atoms with E-state index in [2.05, 4.69) is 15.9 Å². The Morgan fingerprint density at radius 2 is 2.15 bits per heavy atom. The second kappa shape index (κ2) is 5.54. The van der Waals surface area contributed by atoms with Crippen LogP contribution in [0.4, 0.5) is 4.39 Å². The van der Waals surface area contributed by atoms with Gasteiger partial charge in [-0.2, -0.15) is 0 Å². The van der Waals surface area contributed by atoms with Gasteiger partial charge in [0, 0.05) is 5.56 Å². The predicted octanol–water partition coefficient (Wildman–Crippen LogP) is 4.15. The van der Waals surface area contributed by atoms with Crippen LogP contribution in [0.5, 0.6) is 5.75 Å². The molecule has 1 atom stereocenters. The molecule has 2 nitrogen and oxygen atoms in total. The molecule has 2 aromatic rings. The third-order valence-corrected chi connectivity index (χ3v) is 4.47. The molecular formula is C16H14BrFO2. The highest BCUT2D eigenvalue weighted by atomic mass is 79.9. The Morgan fingerprint density at radius 3 is 3.00 bits per heavy atom. The minimum atomic E-state index is -0.351. The number of ether oxygens (including phenoxy) is 1. The summed E-state index contributed by atoms with van der Waals surface area (Å²) in [7, 11) is 0. The fourth-order valence-electron chi connectivity index (χ4n) is 2.48. The van der Waals surface area contributed by atoms with E-state index in [4.69, 9.17) is 4.74 Å². The summed E-state index contributed by atoms with van der Waals surface area (Å²) in [5.74, 6) is 0.456. The zero-order chi connectivity index (χ0) is 14.1. The summed E-state index contributed by atoms with van der Waals surface area (Å²) in [6.07, 6.45) is 1.29. The van der Waals surface area contributed by atoms with E-state index in [0.717, 1.165) is 35.3 Å². The molecule has 0 fully saturated rings. The quantitative estimate of drug-likeness (QED) is 0.912. The molecule has 0 heterocycles. The average Bonchev–Trinajstić information content (AvgIpc) is 2.82. The largest absolute Gasteiger partial charge is 0.489 e. The van der Waals surface area contributed by atoms with Gasteiger partial charge in [-0.25, -0.2) is 4.39 Å². The van der Waals surface area contributed by atoms with Gasteiger partial charge in [-0.15, -0.1) is 0 Å². The van der Waals surface area contributed by atoms with Gasteiger partial charge in [-0.05, 0) is 58.1 Å². The van der Waals surface area contributed by atoms with Crippen LogP contribution in [0.3, 0.4) is 0 Å². The van der Waals surface area contributed by atoms with Gasteiger partial charge in [0.15, 0.2) is 0 Å². The smallest absolute Gasteiger partial charge is 0.137 e. The summed E-state index contributed by atoms with van der Waals surface area (Å²) in [5, 5.41) is 9.76. The van der Waals surface area contributed by atoms with Crippen molar-refractivity contribution in [3.63, 3.8) is 0 Å². The lowest BCUT2D eigenvalue weighted by molar-refractivity contribution is 0.180. The van der Waals surface area contributed by atoms with E-state index >= 15 is 0 Å². The molecule has 0 unspecified atom stereocenters. The maximum atomic E-state index is 13.4. The van der Waals surface area contributed by atoms with Crippen molar-refractivity contribution in [1.82, 2.24) is 0 Å². The second-order valence-electron chi connectivity index (χ2n) is 4.92. The standard InChI is InChI=1S/C16H14BrFO2/c17-16-11(2-1-3-14(16)18)9-20-12-5-6-13-10(8-12)4-7-15(13)19/h1-3,5-6,8,15,19H,4,7,9H2/t15-/m0/s1. The molecule has 0 aliphatic heterocycles. The SMILES string of the molecule is O[C@H]1CCc2cc(OCc3cccc(F)c3Br)ccc21. The van der Waals surface area contributed by atoms with Crippen molar-refractivity contribution < 1.29 is 14.2 Å². The molecule has 20 heavy (non-hydrogen) atoms. The maximum absolute atomic E-state index is 13.4. The highest BCUT2D eigenvalue weighted by Crippen LogP contribution is 2.33. The Kier molecular flexibility index (Phi) is 3.76. The fraction of sp³-hybridized carbons (Fsp3) is 0.250. The van der Waals surface area contributed by atoms with E-state index in [0.29, 0.717) is 11.1 Å². The van der Waals surface area contributed by atoms with E-state index in [1.54, 1.807) is 6.07 Å². The van der Waals surface area contributed by atoms with E-state index in [1.165, 1.54) is 6.07 Å². The Labute approximate surface area is 125 Å². The summed E-state index contributed by atoms with van der Waals surface area (Å²) in [6, 6.07) is 10.6. The molecule has 3 rings (SSSR count). The molecule has 4 heteroatoms. The third-order valence-electron chi connectivity index (χ3n) is 3.59. The van der Waals surface area contributed by atoms with Crippen LogP contribution in [0.25, 0.3) is 0 Å². The normalized spacial score (nSPS) is 17.1. The highest BCUT2D eigenvalue weighted by Gasteiger charge is 2.20. The van der Waals surface area contributed by atoms with Crippen LogP contribution in [0.15, 0.2) is 40.9 Å². The Morgan fingerprint density at radius 1 is 1.30 bits per heavy atom. The molecule has 0 aromatic heterocycles. The van der Waals surface area contributed by atoms with E-state index in [9.17, 15) is 9.50 Å². The van der Waals surface area contributed by atoms with Gasteiger partial charge in [-0.3, -0.25) is 0 Å². The van der Waals surface area contributed by atoms with E-state index < -0.39 is 0 Å². The molecule has 0 bridgehead atoms. The number of rotatable bonds is 3. The number of hydrogen-bond acceptors (Lipinski definition) is 2. The van der Waals surface area contributed by atoms with Crippen LogP contribution in [-0.4, -0.2) is 5.11 Å². The summed E-state index contributed by atoms with van der Waals surface area (Å²) < 4.78 is 19.5. The summed E-state index contributed by atoms with van der Waals surface area (Å²) >= 11 is 3.22. The molecule has 1 aliphatic rings. The number of hydrogen-bond donors (Lipinski definition) is 1. The molecular weight excluding hydrogens is 323 g/mol. The fourth-order valence-corrected chi connectivity index (χ4v) is 2.86. The predicted molar refractivity (Wildman–Crippen MR) is 78.2 cm³/mol. The number of aliphatic hydroxyl groups excluding tert-OH is 1. The van der Waals surface area contributed by atoms with Crippen LogP contribution in [0.1, 0.15) is 29.2 Å². The molecule has 0 saturated carbocycles. The highest BCUT2D eigenvalue weighted by molar-refractivity contribution is 9.10. The van der Waals surface area contributed by atoms with Crippen molar-refractivity contribution in [2.24, 2.45) is 0 Å². The molecule has 1 N–H and O–H groups in total. The average molecular weight is 337 g/mol. The first-order valence-corrected chi connectivity index (χ1v) is 7.31. The third kappa shape index (κ3) is 2.58. The van der Waals surface area contributed by atoms with Crippen LogP contribution in [0.2, 0.25) is 0 Å². The van der Waals surface area contributed by atoms with Gasteiger partial charge in [-0.1, -0.05) is 18.2 Å². The zero-order valence-corrected chi connectivity index (χ0v) is 12.4. The lowest BCUT2D eigenvalue weighted by Crippen LogP contribution is -1.98. The van der Waals surface area contributed by atoms with Crippen molar-refractivity contribution >= 4 is 15.9 Å². The summed E-state index contributed by atoms with van der Waals surface area (Å²) in [4.78, 5) is 0. The molecule has 0 amide bonds. The van der Waals surface area contributed by atoms with Gasteiger partial charge in [0.2, 0.25) is 0 Å². The lowest BCUT2D eigenvalue weighted by Gasteiger charge is -2.10. The zero-order valence-electron chi connectivity index (χ0n) is 10.8. The van der Waals surface area contributed by atoms with Crippen LogP contribution in [-0.2, 0) is 13.0 Å². The molecule has 104 valence electrons. The topological polar surface area (TPSA) is 29.5 Å². The minimum absolute atomic E-state index is 0.289. The van der Waals surface area contributed by atoms with Gasteiger partial charge in [0.25, 0.3) is 0 Å². The maximum Gasteiger partial charge on any atom is 0.137 e. The van der Waals surface area contributed by atoms with Crippen LogP contribution in [0, 0.1) is 5.82 Å². The van der Waals surface area contributed by atoms with Crippen molar-refractivity contribution in [1.29, 1.82) is 0 Å². The van der Waals surface area contributed by atoms with Gasteiger partial charge >= 0.3 is 0 Å². The first-order valence-electron chi connectivity index (χ1n) is 6.52. The molecule has 0 radical (unpaired) electrons. The number of aryl methyl sites for hydroxylation is 1. The van der Waals surface area contributed by atoms with Crippen molar-refractivity contribution in [3.05, 3.63) is 63.4 Å². The molecule has 0 saturated heterocycles. The van der Waals surface area contributed by atoms with E-state index in [-0.39, 0.29) is 11.9 Å². The second-order valence-corrected chi connectivity index (χ2v) is 5.71. The molecule has 0 spiro atoms. The first kappa shape index (κ1) is 13.6. The lowest BCUT2D eigenvalue weighted by atomic mass is 10.1. The summed E-state index contributed by atoms with van der Waals surface area (Å²) in [5.41, 5.74) is 2.89. The number of halogens is 2. The van der Waals surface area contributed by atoms with Crippen LogP contribution < -0.4 is 4.74 Å². The minimum Gasteiger partial charge on any atom is -0.489 e. The van der Waals surface area contributed by atoms with Gasteiger partial charge in [0.1, 0.15) is 18.2 Å². The monoisotopic (exact) mass is 336 g/mol. The number of aliphatic hydroxyl groups is 1. The van der Waals surface area contributed by atoms with Crippen LogP contribution >= 0.6 is 15.9 Å².